The van der Waals surface area contributed by atoms with Crippen molar-refractivity contribution in [2.75, 3.05) is 0 Å². The second kappa shape index (κ2) is 5.58. The number of carbonyl (C=O) groups excluding carboxylic acids is 1. The van der Waals surface area contributed by atoms with Crippen molar-refractivity contribution in [3.05, 3.63) is 70.7 Å². The van der Waals surface area contributed by atoms with Crippen LogP contribution in [0.1, 0.15) is 22.0 Å². The van der Waals surface area contributed by atoms with Crippen LogP contribution in [-0.4, -0.2) is 17.8 Å². The van der Waals surface area contributed by atoms with E-state index in [4.69, 9.17) is 17.3 Å². The first-order valence-electron chi connectivity index (χ1n) is 6.65. The fourth-order valence-corrected chi connectivity index (χ4v) is 2.61. The van der Waals surface area contributed by atoms with Gasteiger partial charge in [0.15, 0.2) is 6.04 Å². The maximum absolute atomic E-state index is 12.6. The van der Waals surface area contributed by atoms with Crippen LogP contribution in [0.2, 0.25) is 5.02 Å². The second-order valence-corrected chi connectivity index (χ2v) is 5.38. The highest BCUT2D eigenvalue weighted by molar-refractivity contribution is 6.30. The van der Waals surface area contributed by atoms with Gasteiger partial charge in [-0.25, -0.2) is 0 Å². The normalized spacial score (nSPS) is 20.7. The zero-order chi connectivity index (χ0) is 14.8. The first kappa shape index (κ1) is 13.6. The molecule has 4 N–H and O–H groups in total. The Kier molecular flexibility index (Phi) is 3.62. The summed E-state index contributed by atoms with van der Waals surface area (Å²) in [5.41, 5.74) is 7.43. The average Bonchev–Trinajstić information content (AvgIpc) is 2.90. The van der Waals surface area contributed by atoms with E-state index in [1.807, 2.05) is 30.3 Å². The third kappa shape index (κ3) is 2.76. The number of ketones is 1. The summed E-state index contributed by atoms with van der Waals surface area (Å²) in [6, 6.07) is 15.9. The van der Waals surface area contributed by atoms with Crippen LogP contribution >= 0.6 is 11.6 Å². The number of halogens is 1. The molecule has 1 aliphatic heterocycles. The van der Waals surface area contributed by atoms with Gasteiger partial charge >= 0.3 is 5.96 Å². The molecule has 0 aromatic heterocycles. The SMILES string of the molecule is NC1=[NH+][C@@H](c2ccc(Cl)cc2)[C@H](C(=O)c2ccccc2)N1. The predicted molar refractivity (Wildman–Crippen MR) is 82.0 cm³/mol. The summed E-state index contributed by atoms with van der Waals surface area (Å²) < 4.78 is 0. The maximum atomic E-state index is 12.6. The van der Waals surface area contributed by atoms with E-state index in [1.54, 1.807) is 24.3 Å². The molecule has 3 rings (SSSR count). The molecule has 2 aromatic carbocycles. The molecule has 0 bridgehead atoms. The van der Waals surface area contributed by atoms with Gasteiger partial charge < -0.3 is 0 Å². The van der Waals surface area contributed by atoms with Gasteiger partial charge in [-0.3, -0.25) is 20.8 Å². The van der Waals surface area contributed by atoms with Crippen molar-refractivity contribution in [2.45, 2.75) is 12.1 Å². The van der Waals surface area contributed by atoms with Crippen LogP contribution in [0.15, 0.2) is 54.6 Å². The van der Waals surface area contributed by atoms with Crippen LogP contribution in [0.3, 0.4) is 0 Å². The summed E-state index contributed by atoms with van der Waals surface area (Å²) in [6.07, 6.45) is 0. The Bertz CT molecular complexity index is 682. The highest BCUT2D eigenvalue weighted by Crippen LogP contribution is 2.20. The fourth-order valence-electron chi connectivity index (χ4n) is 2.49. The van der Waals surface area contributed by atoms with E-state index in [0.29, 0.717) is 16.5 Å². The standard InChI is InChI=1S/C16H14ClN3O/c17-12-8-6-10(7-9-12)13-14(20-16(18)19-13)15(21)11-4-2-1-3-5-11/h1-9,13-14H,(H3,18,19,20)/p+1/t13-,14+/m0/s1. The highest BCUT2D eigenvalue weighted by atomic mass is 35.5. The summed E-state index contributed by atoms with van der Waals surface area (Å²) in [4.78, 5) is 15.8. The van der Waals surface area contributed by atoms with Crippen LogP contribution < -0.4 is 16.0 Å². The minimum absolute atomic E-state index is 0.00324. The minimum Gasteiger partial charge on any atom is -0.291 e. The topological polar surface area (TPSA) is 69.1 Å². The zero-order valence-electron chi connectivity index (χ0n) is 11.2. The quantitative estimate of drug-likeness (QED) is 0.728. The highest BCUT2D eigenvalue weighted by Gasteiger charge is 2.39. The van der Waals surface area contributed by atoms with Crippen molar-refractivity contribution < 1.29 is 9.79 Å². The molecule has 0 amide bonds. The van der Waals surface area contributed by atoms with E-state index in [2.05, 4.69) is 10.3 Å². The molecule has 0 unspecified atom stereocenters. The molecule has 106 valence electrons. The van der Waals surface area contributed by atoms with E-state index in [9.17, 15) is 4.79 Å². The lowest BCUT2D eigenvalue weighted by Gasteiger charge is -2.14. The Morgan fingerprint density at radius 1 is 1.10 bits per heavy atom. The van der Waals surface area contributed by atoms with Gasteiger partial charge in [0.05, 0.1) is 0 Å². The molecule has 0 saturated carbocycles. The molecule has 0 spiro atoms. The van der Waals surface area contributed by atoms with Gasteiger partial charge in [-0.05, 0) is 17.7 Å². The molecular weight excluding hydrogens is 286 g/mol. The smallest absolute Gasteiger partial charge is 0.291 e. The maximum Gasteiger partial charge on any atom is 0.342 e. The number of carbonyl (C=O) groups is 1. The van der Waals surface area contributed by atoms with Gasteiger partial charge in [-0.15, -0.1) is 0 Å². The van der Waals surface area contributed by atoms with Crippen LogP contribution in [0.5, 0.6) is 0 Å². The third-order valence-corrected chi connectivity index (χ3v) is 3.78. The monoisotopic (exact) mass is 300 g/mol. The number of nitrogens with one attached hydrogen (secondary N) is 2. The summed E-state index contributed by atoms with van der Waals surface area (Å²) >= 11 is 5.91. The van der Waals surface area contributed by atoms with E-state index in [1.165, 1.54) is 0 Å². The Balaban J connectivity index is 1.91. The van der Waals surface area contributed by atoms with E-state index < -0.39 is 6.04 Å². The largest absolute Gasteiger partial charge is 0.342 e. The zero-order valence-corrected chi connectivity index (χ0v) is 12.0. The van der Waals surface area contributed by atoms with Crippen molar-refractivity contribution in [3.63, 3.8) is 0 Å². The molecule has 2 aromatic rings. The van der Waals surface area contributed by atoms with Crippen molar-refractivity contribution in [3.8, 4) is 0 Å². The van der Waals surface area contributed by atoms with E-state index in [0.717, 1.165) is 5.56 Å². The Morgan fingerprint density at radius 3 is 2.43 bits per heavy atom. The number of rotatable bonds is 3. The number of guanidine groups is 1. The molecule has 4 nitrogen and oxygen atoms in total. The third-order valence-electron chi connectivity index (χ3n) is 3.53. The lowest BCUT2D eigenvalue weighted by Crippen LogP contribution is -2.74. The van der Waals surface area contributed by atoms with Gasteiger partial charge in [0.1, 0.15) is 6.04 Å². The molecule has 0 radical (unpaired) electrons. The number of hydrogen-bond acceptors (Lipinski definition) is 3. The number of hydrogen-bond donors (Lipinski definition) is 3. The summed E-state index contributed by atoms with van der Waals surface area (Å²) in [5, 5.41) is 3.68. The van der Waals surface area contributed by atoms with Crippen LogP contribution in [0.4, 0.5) is 0 Å². The Labute approximate surface area is 127 Å². The molecule has 0 fully saturated rings. The molecule has 0 saturated heterocycles. The molecule has 1 aliphatic rings. The Hall–Kier alpha value is -2.33. The summed E-state index contributed by atoms with van der Waals surface area (Å²) in [6.45, 7) is 0. The lowest BCUT2D eigenvalue weighted by atomic mass is 9.94. The first-order valence-corrected chi connectivity index (χ1v) is 7.03. The van der Waals surface area contributed by atoms with Gasteiger partial charge in [0.2, 0.25) is 5.78 Å². The van der Waals surface area contributed by atoms with E-state index >= 15 is 0 Å². The lowest BCUT2D eigenvalue weighted by molar-refractivity contribution is -0.500. The van der Waals surface area contributed by atoms with Gasteiger partial charge in [0, 0.05) is 10.6 Å². The van der Waals surface area contributed by atoms with Crippen molar-refractivity contribution in [2.24, 2.45) is 5.73 Å². The number of nitrogens with two attached hydrogens (primary N) is 1. The van der Waals surface area contributed by atoms with Gasteiger partial charge in [0.25, 0.3) is 0 Å². The molecule has 0 aliphatic carbocycles. The Morgan fingerprint density at radius 2 is 1.76 bits per heavy atom. The summed E-state index contributed by atoms with van der Waals surface area (Å²) in [7, 11) is 0. The van der Waals surface area contributed by atoms with Crippen molar-refractivity contribution in [1.29, 1.82) is 0 Å². The summed E-state index contributed by atoms with van der Waals surface area (Å²) in [5.74, 6) is 0.410. The fraction of sp³-hybridized carbons (Fsp3) is 0.125. The number of Topliss-reactive ketones (excluding diaryl/α,β-unsaturated/α-hetero) is 1. The van der Waals surface area contributed by atoms with E-state index in [-0.39, 0.29) is 11.8 Å². The minimum atomic E-state index is -0.437. The van der Waals surface area contributed by atoms with Crippen LogP contribution in [0, 0.1) is 0 Å². The van der Waals surface area contributed by atoms with Crippen LogP contribution in [-0.2, 0) is 0 Å². The molecule has 1 heterocycles. The predicted octanol–water partition coefficient (Wildman–Crippen LogP) is 0.631. The van der Waals surface area contributed by atoms with Crippen LogP contribution in [0.25, 0.3) is 0 Å². The molecule has 5 heteroatoms. The molecule has 2 atom stereocenters. The number of benzene rings is 2. The van der Waals surface area contributed by atoms with Crippen molar-refractivity contribution >= 4 is 23.3 Å². The molecule has 21 heavy (non-hydrogen) atoms. The molecular formula is C16H15ClN3O+. The first-order chi connectivity index (χ1) is 10.1. The van der Waals surface area contributed by atoms with Gasteiger partial charge in [-0.1, -0.05) is 54.1 Å². The average molecular weight is 301 g/mol. The van der Waals surface area contributed by atoms with Gasteiger partial charge in [-0.2, -0.15) is 0 Å². The van der Waals surface area contributed by atoms with Crippen molar-refractivity contribution in [1.82, 2.24) is 5.32 Å². The second-order valence-electron chi connectivity index (χ2n) is 4.94.